The second-order valence-corrected chi connectivity index (χ2v) is 9.23. The average Bonchev–Trinajstić information content (AvgIpc) is 3.25. The van der Waals surface area contributed by atoms with Gasteiger partial charge in [0, 0.05) is 18.2 Å². The minimum atomic E-state index is -0.606. The van der Waals surface area contributed by atoms with Gasteiger partial charge >= 0.3 is 5.97 Å². The van der Waals surface area contributed by atoms with E-state index in [1.807, 2.05) is 0 Å². The van der Waals surface area contributed by atoms with Gasteiger partial charge in [0.2, 0.25) is 4.96 Å². The summed E-state index contributed by atoms with van der Waals surface area (Å²) in [5, 5.41) is 7.89. The first kappa shape index (κ1) is 24.1. The van der Waals surface area contributed by atoms with E-state index in [-0.39, 0.29) is 23.6 Å². The van der Waals surface area contributed by atoms with Crippen molar-refractivity contribution in [1.29, 1.82) is 0 Å². The maximum atomic E-state index is 12.6. The van der Waals surface area contributed by atoms with E-state index in [1.54, 1.807) is 42.5 Å². The average molecular weight is 493 g/mol. The molecule has 4 aromatic rings. The fraction of sp³-hybridized carbons (Fsp3) is 0.240. The predicted molar refractivity (Wildman–Crippen MR) is 132 cm³/mol. The summed E-state index contributed by atoms with van der Waals surface area (Å²) in [5.41, 5.74) is 1.06. The van der Waals surface area contributed by atoms with Crippen LogP contribution in [0.15, 0.2) is 59.4 Å². The molecule has 0 saturated carbocycles. The molecule has 2 aromatic heterocycles. The predicted octanol–water partition coefficient (Wildman–Crippen LogP) is 3.97. The van der Waals surface area contributed by atoms with Crippen LogP contribution in [0.5, 0.6) is 5.75 Å². The van der Waals surface area contributed by atoms with Crippen molar-refractivity contribution in [3.8, 4) is 5.75 Å². The Balaban J connectivity index is 1.44. The summed E-state index contributed by atoms with van der Waals surface area (Å²) in [6.45, 7) is 3.98. The number of nitrogens with zero attached hydrogens (tertiary/aromatic N) is 3. The molecule has 0 aliphatic carbocycles. The number of fused-ring (bicyclic) bond motifs is 1. The number of esters is 1. The minimum Gasteiger partial charge on any atom is -0.496 e. The smallest absolute Gasteiger partial charge is 0.338 e. The molecule has 1 N–H and O–H groups in total. The third-order valence-electron chi connectivity index (χ3n) is 4.98. The Morgan fingerprint density at radius 1 is 1.11 bits per heavy atom. The quantitative estimate of drug-likeness (QED) is 0.371. The van der Waals surface area contributed by atoms with E-state index in [0.717, 1.165) is 11.4 Å². The van der Waals surface area contributed by atoms with Crippen LogP contribution in [-0.4, -0.2) is 33.6 Å². The Hall–Kier alpha value is -4.05. The van der Waals surface area contributed by atoms with E-state index in [9.17, 15) is 14.4 Å². The zero-order valence-electron chi connectivity index (χ0n) is 19.5. The second-order valence-electron chi connectivity index (χ2n) is 8.19. The van der Waals surface area contributed by atoms with Gasteiger partial charge in [0.05, 0.1) is 23.9 Å². The fourth-order valence-corrected chi connectivity index (χ4v) is 4.51. The van der Waals surface area contributed by atoms with Gasteiger partial charge in [-0.2, -0.15) is 9.61 Å². The van der Waals surface area contributed by atoms with E-state index in [1.165, 1.54) is 35.1 Å². The maximum Gasteiger partial charge on any atom is 0.338 e. The summed E-state index contributed by atoms with van der Waals surface area (Å²) in [6.07, 6.45) is 0.752. The Kier molecular flexibility index (Phi) is 7.21. The number of carbonyl (C=O) groups excluding carboxylic acids is 2. The normalized spacial score (nSPS) is 11.0. The van der Waals surface area contributed by atoms with Crippen molar-refractivity contribution >= 4 is 33.9 Å². The first-order valence-corrected chi connectivity index (χ1v) is 11.8. The van der Waals surface area contributed by atoms with Crippen LogP contribution in [0.25, 0.3) is 4.96 Å². The van der Waals surface area contributed by atoms with Gasteiger partial charge < -0.3 is 14.8 Å². The molecule has 2 heterocycles. The monoisotopic (exact) mass is 492 g/mol. The topological polar surface area (TPSA) is 112 Å². The largest absolute Gasteiger partial charge is 0.496 e. The van der Waals surface area contributed by atoms with Crippen molar-refractivity contribution in [3.63, 3.8) is 0 Å². The molecule has 0 radical (unpaired) electrons. The summed E-state index contributed by atoms with van der Waals surface area (Å²) in [6, 6.07) is 14.6. The highest BCUT2D eigenvalue weighted by molar-refractivity contribution is 7.16. The number of aromatic nitrogens is 3. The van der Waals surface area contributed by atoms with E-state index < -0.39 is 5.97 Å². The molecule has 2 aromatic carbocycles. The highest BCUT2D eigenvalue weighted by Crippen LogP contribution is 2.20. The number of rotatable bonds is 8. The molecule has 0 fully saturated rings. The molecule has 9 nitrogen and oxygen atoms in total. The van der Waals surface area contributed by atoms with Crippen LogP contribution < -0.4 is 15.6 Å². The van der Waals surface area contributed by atoms with Gasteiger partial charge in [-0.25, -0.2) is 9.78 Å². The van der Waals surface area contributed by atoms with E-state index in [2.05, 4.69) is 29.2 Å². The molecule has 10 heteroatoms. The van der Waals surface area contributed by atoms with Crippen molar-refractivity contribution < 1.29 is 19.1 Å². The van der Waals surface area contributed by atoms with Crippen molar-refractivity contribution in [3.05, 3.63) is 86.8 Å². The molecule has 1 amide bonds. The molecule has 0 bridgehead atoms. The van der Waals surface area contributed by atoms with Gasteiger partial charge in [-0.3, -0.25) is 9.59 Å². The Labute approximate surface area is 205 Å². The van der Waals surface area contributed by atoms with Gasteiger partial charge in [0.25, 0.3) is 11.5 Å². The van der Waals surface area contributed by atoms with Gasteiger partial charge in [-0.05, 0) is 36.2 Å². The van der Waals surface area contributed by atoms with Gasteiger partial charge in [-0.1, -0.05) is 43.4 Å². The van der Waals surface area contributed by atoms with Crippen LogP contribution in [0.4, 0.5) is 5.69 Å². The molecule has 180 valence electrons. The van der Waals surface area contributed by atoms with Crippen LogP contribution in [0, 0.1) is 5.92 Å². The first-order chi connectivity index (χ1) is 16.8. The lowest BCUT2D eigenvalue weighted by molar-refractivity contribution is 0.0467. The molecule has 0 aliphatic heterocycles. The Morgan fingerprint density at radius 3 is 2.69 bits per heavy atom. The molecule has 0 spiro atoms. The molecule has 0 atom stereocenters. The molecule has 0 aliphatic rings. The number of methoxy groups -OCH3 is 1. The Bertz CT molecular complexity index is 1440. The lowest BCUT2D eigenvalue weighted by Crippen LogP contribution is -2.17. The highest BCUT2D eigenvalue weighted by atomic mass is 32.1. The highest BCUT2D eigenvalue weighted by Gasteiger charge is 2.15. The molecule has 0 saturated heterocycles. The first-order valence-electron chi connectivity index (χ1n) is 10.9. The minimum absolute atomic E-state index is 0.167. The Morgan fingerprint density at radius 2 is 1.91 bits per heavy atom. The molecule has 35 heavy (non-hydrogen) atoms. The lowest BCUT2D eigenvalue weighted by atomic mass is 10.1. The third kappa shape index (κ3) is 5.72. The third-order valence-corrected chi connectivity index (χ3v) is 5.91. The number of benzene rings is 2. The summed E-state index contributed by atoms with van der Waals surface area (Å²) in [4.78, 5) is 42.5. The van der Waals surface area contributed by atoms with Crippen molar-refractivity contribution in [2.75, 3.05) is 12.4 Å². The van der Waals surface area contributed by atoms with E-state index >= 15 is 0 Å². The van der Waals surface area contributed by atoms with Crippen LogP contribution in [0.3, 0.4) is 0 Å². The van der Waals surface area contributed by atoms with E-state index in [0.29, 0.717) is 33.6 Å². The van der Waals surface area contributed by atoms with Crippen LogP contribution in [-0.2, 0) is 17.8 Å². The number of para-hydroxylation sites is 1. The number of carbonyl (C=O) groups is 2. The maximum absolute atomic E-state index is 12.6. The van der Waals surface area contributed by atoms with Gasteiger partial charge in [-0.15, -0.1) is 0 Å². The lowest BCUT2D eigenvalue weighted by Gasteiger charge is -2.10. The number of ether oxygens (including phenoxy) is 2. The summed E-state index contributed by atoms with van der Waals surface area (Å²) in [7, 11) is 1.49. The van der Waals surface area contributed by atoms with Crippen molar-refractivity contribution in [2.45, 2.75) is 26.9 Å². The summed E-state index contributed by atoms with van der Waals surface area (Å²) >= 11 is 1.34. The molecule has 4 rings (SSSR count). The number of hydrogen-bond donors (Lipinski definition) is 1. The van der Waals surface area contributed by atoms with Gasteiger partial charge in [0.1, 0.15) is 17.4 Å². The molecular weight excluding hydrogens is 468 g/mol. The van der Waals surface area contributed by atoms with E-state index in [4.69, 9.17) is 9.47 Å². The zero-order chi connectivity index (χ0) is 24.9. The standard InChI is InChI=1S/C25H24N4O5S/c1-15(2)11-21-28-29-22(30)13-18(27-25(29)35-21)14-34-24(32)16-7-6-8-17(12-16)26-23(31)19-9-4-5-10-20(19)33-3/h4-10,12-13,15H,11,14H2,1-3H3,(H,26,31). The number of amides is 1. The van der Waals surface area contributed by atoms with Crippen LogP contribution in [0.1, 0.15) is 45.3 Å². The van der Waals surface area contributed by atoms with Crippen LogP contribution >= 0.6 is 11.3 Å². The number of hydrogen-bond acceptors (Lipinski definition) is 8. The number of nitrogens with one attached hydrogen (secondary N) is 1. The summed E-state index contributed by atoms with van der Waals surface area (Å²) < 4.78 is 11.9. The fourth-order valence-electron chi connectivity index (χ4n) is 3.38. The number of anilines is 1. The van der Waals surface area contributed by atoms with Crippen LogP contribution in [0.2, 0.25) is 0 Å². The molecular formula is C25H24N4O5S. The summed E-state index contributed by atoms with van der Waals surface area (Å²) in [5.74, 6) is -0.127. The van der Waals surface area contributed by atoms with Crippen molar-refractivity contribution in [2.24, 2.45) is 5.92 Å². The second kappa shape index (κ2) is 10.5. The van der Waals surface area contributed by atoms with Gasteiger partial charge in [0.15, 0.2) is 0 Å². The van der Waals surface area contributed by atoms with Crippen molar-refractivity contribution in [1.82, 2.24) is 14.6 Å². The zero-order valence-corrected chi connectivity index (χ0v) is 20.3. The SMILES string of the molecule is COc1ccccc1C(=O)Nc1cccc(C(=O)OCc2cc(=O)n3nc(CC(C)C)sc3n2)c1. The molecule has 0 unspecified atom stereocenters.